The topological polar surface area (TPSA) is 113 Å². The lowest BCUT2D eigenvalue weighted by atomic mass is 10.2. The first-order valence-corrected chi connectivity index (χ1v) is 5.58. The zero-order chi connectivity index (χ0) is 11.5. The van der Waals surface area contributed by atoms with E-state index in [1.807, 2.05) is 0 Å². The van der Waals surface area contributed by atoms with Gasteiger partial charge in [-0.1, -0.05) is 5.16 Å². The van der Waals surface area contributed by atoms with E-state index in [1.165, 1.54) is 24.3 Å². The third-order valence-electron chi connectivity index (χ3n) is 1.79. The minimum absolute atomic E-state index is 0.0144. The van der Waals surface area contributed by atoms with Crippen LogP contribution in [0.4, 0.5) is 0 Å². The summed E-state index contributed by atoms with van der Waals surface area (Å²) < 4.78 is 22.4. The molecule has 0 saturated heterocycles. The summed E-state index contributed by atoms with van der Waals surface area (Å²) in [4.78, 5) is -0.0144. The van der Waals surface area contributed by atoms with Crippen LogP contribution >= 0.6 is 0 Å². The van der Waals surface area contributed by atoms with Crippen LogP contribution in [0, 0.1) is 0 Å². The van der Waals surface area contributed by atoms with Gasteiger partial charge in [-0.15, -0.1) is 0 Å². The van der Waals surface area contributed by atoms with E-state index in [4.69, 9.17) is 16.0 Å². The van der Waals surface area contributed by atoms with Crippen LogP contribution in [0.25, 0.3) is 0 Å². The molecule has 0 radical (unpaired) electrons. The van der Waals surface area contributed by atoms with Gasteiger partial charge in [0, 0.05) is 5.56 Å². The van der Waals surface area contributed by atoms with E-state index in [-0.39, 0.29) is 10.7 Å². The highest BCUT2D eigenvalue weighted by Crippen LogP contribution is 2.11. The lowest BCUT2D eigenvalue weighted by Crippen LogP contribution is -2.13. The first-order chi connectivity index (χ1) is 7.01. The van der Waals surface area contributed by atoms with Crippen LogP contribution in [0.3, 0.4) is 0 Å². The Morgan fingerprint density at radius 3 is 2.27 bits per heavy atom. The fraction of sp³-hybridized carbons (Fsp3) is 0.125. The fourth-order valence-electron chi connectivity index (χ4n) is 0.965. The predicted molar refractivity (Wildman–Crippen MR) is 53.2 cm³/mol. The molecule has 0 heterocycles. The maximum absolute atomic E-state index is 11.2. The summed E-state index contributed by atoms with van der Waals surface area (Å²) in [6.45, 7) is 0. The van der Waals surface area contributed by atoms with Gasteiger partial charge in [0.1, 0.15) is 5.94 Å². The van der Waals surface area contributed by atoms with Crippen LogP contribution in [0.2, 0.25) is 0 Å². The third-order valence-corrected chi connectivity index (χ3v) is 3.12. The van der Waals surface area contributed by atoms with Gasteiger partial charge in [-0.3, -0.25) is 0 Å². The molecule has 4 N–H and O–H groups in total. The van der Waals surface area contributed by atoms with Gasteiger partial charge in [0.15, 0.2) is 5.84 Å². The molecule has 0 saturated carbocycles. The number of hydrogen-bond donors (Lipinski definition) is 3. The molecule has 0 atom stereocenters. The molecule has 0 aliphatic heterocycles. The number of sulfone groups is 1. The van der Waals surface area contributed by atoms with Crippen molar-refractivity contribution in [3.05, 3.63) is 29.8 Å². The molecule has 1 aromatic rings. The second-order valence-corrected chi connectivity index (χ2v) is 4.71. The van der Waals surface area contributed by atoms with E-state index < -0.39 is 15.8 Å². The number of nitrogens with zero attached hydrogens (tertiary/aromatic N) is 1. The van der Waals surface area contributed by atoms with Gasteiger partial charge in [0.2, 0.25) is 9.84 Å². The van der Waals surface area contributed by atoms with Gasteiger partial charge in [-0.2, -0.15) is 0 Å². The first kappa shape index (κ1) is 11.5. The van der Waals surface area contributed by atoms with E-state index >= 15 is 0 Å². The molecule has 0 aliphatic rings. The molecule has 1 rings (SSSR count). The number of amidine groups is 1. The molecule has 0 aromatic heterocycles. The quantitative estimate of drug-likeness (QED) is 0.280. The van der Waals surface area contributed by atoms with Crippen molar-refractivity contribution in [3.8, 4) is 0 Å². The van der Waals surface area contributed by atoms with Crippen LogP contribution in [0.15, 0.2) is 34.3 Å². The van der Waals surface area contributed by atoms with Crippen LogP contribution in [0.1, 0.15) is 5.56 Å². The van der Waals surface area contributed by atoms with Crippen molar-refractivity contribution in [1.29, 1.82) is 0 Å². The van der Waals surface area contributed by atoms with Crippen molar-refractivity contribution in [2.75, 3.05) is 5.94 Å². The fourth-order valence-corrected chi connectivity index (χ4v) is 1.67. The Kier molecular flexibility index (Phi) is 3.28. The molecular weight excluding hydrogens is 220 g/mol. The summed E-state index contributed by atoms with van der Waals surface area (Å²) in [7, 11) is -3.64. The molecule has 0 aliphatic carbocycles. The minimum atomic E-state index is -3.64. The number of oxime groups is 1. The lowest BCUT2D eigenvalue weighted by Gasteiger charge is -2.02. The molecule has 7 heteroatoms. The average Bonchev–Trinajstić information content (AvgIpc) is 2.28. The second-order valence-electron chi connectivity index (χ2n) is 2.75. The maximum atomic E-state index is 11.2. The molecule has 0 spiro atoms. The number of hydrogen-bond acceptors (Lipinski definition) is 5. The van der Waals surface area contributed by atoms with Gasteiger partial charge in [-0.05, 0) is 24.3 Å². The Morgan fingerprint density at radius 1 is 1.33 bits per heavy atom. The van der Waals surface area contributed by atoms with Crippen LogP contribution in [-0.4, -0.2) is 30.5 Å². The molecule has 1 aromatic carbocycles. The van der Waals surface area contributed by atoms with Crippen LogP contribution in [-0.2, 0) is 9.84 Å². The van der Waals surface area contributed by atoms with Gasteiger partial charge >= 0.3 is 0 Å². The number of rotatable bonds is 3. The summed E-state index contributed by atoms with van der Waals surface area (Å²) in [5.74, 6) is -1.06. The third kappa shape index (κ3) is 2.45. The summed E-state index contributed by atoms with van der Waals surface area (Å²) in [6.07, 6.45) is 0. The van der Waals surface area contributed by atoms with Crippen molar-refractivity contribution in [2.45, 2.75) is 4.90 Å². The van der Waals surface area contributed by atoms with Gasteiger partial charge < -0.3 is 16.0 Å². The van der Waals surface area contributed by atoms with Crippen molar-refractivity contribution in [1.82, 2.24) is 0 Å². The van der Waals surface area contributed by atoms with Crippen molar-refractivity contribution < 1.29 is 18.7 Å². The Balaban J connectivity index is 3.12. The maximum Gasteiger partial charge on any atom is 0.202 e. The molecule has 0 bridgehead atoms. The van der Waals surface area contributed by atoms with E-state index in [0.29, 0.717) is 5.56 Å². The Bertz CT molecular complexity index is 464. The van der Waals surface area contributed by atoms with Gasteiger partial charge in [-0.25, -0.2) is 8.42 Å². The largest absolute Gasteiger partial charge is 0.409 e. The van der Waals surface area contributed by atoms with E-state index in [9.17, 15) is 8.42 Å². The van der Waals surface area contributed by atoms with E-state index in [2.05, 4.69) is 5.16 Å². The molecule has 6 nitrogen and oxygen atoms in total. The van der Waals surface area contributed by atoms with Gasteiger partial charge in [0.25, 0.3) is 0 Å². The van der Waals surface area contributed by atoms with Crippen LogP contribution < -0.4 is 5.73 Å². The molecular formula is C8H10N2O4S. The number of aliphatic hydroxyl groups is 1. The van der Waals surface area contributed by atoms with E-state index in [0.717, 1.165) is 0 Å². The smallest absolute Gasteiger partial charge is 0.202 e. The second kappa shape index (κ2) is 4.28. The van der Waals surface area contributed by atoms with E-state index in [1.54, 1.807) is 0 Å². The van der Waals surface area contributed by atoms with Crippen molar-refractivity contribution in [3.63, 3.8) is 0 Å². The van der Waals surface area contributed by atoms with Gasteiger partial charge in [0.05, 0.1) is 4.90 Å². The summed E-state index contributed by atoms with van der Waals surface area (Å²) in [5.41, 5.74) is 5.68. The monoisotopic (exact) mass is 230 g/mol. The average molecular weight is 230 g/mol. The standard InChI is InChI=1S/C8H10N2O4S/c9-8(10-12)6-1-3-7(4-2-6)15(13,14)5-11/h1-4,11-12H,5H2,(H2,9,10). The molecule has 0 unspecified atom stereocenters. The summed E-state index contributed by atoms with van der Waals surface area (Å²) in [5, 5.41) is 19.7. The molecule has 0 amide bonds. The zero-order valence-corrected chi connectivity index (χ0v) is 8.48. The molecule has 15 heavy (non-hydrogen) atoms. The normalized spacial score (nSPS) is 12.7. The Labute approximate surface area is 86.6 Å². The molecule has 0 fully saturated rings. The highest BCUT2D eigenvalue weighted by molar-refractivity contribution is 7.91. The summed E-state index contributed by atoms with van der Waals surface area (Å²) >= 11 is 0. The SMILES string of the molecule is N/C(=N/O)c1ccc(S(=O)(=O)CO)cc1. The molecule has 82 valence electrons. The van der Waals surface area contributed by atoms with Crippen LogP contribution in [0.5, 0.6) is 0 Å². The van der Waals surface area contributed by atoms with Crippen molar-refractivity contribution >= 4 is 15.7 Å². The number of benzene rings is 1. The Hall–Kier alpha value is -1.60. The first-order valence-electron chi connectivity index (χ1n) is 3.93. The highest BCUT2D eigenvalue weighted by atomic mass is 32.2. The zero-order valence-electron chi connectivity index (χ0n) is 7.66. The number of nitrogens with two attached hydrogens (primary N) is 1. The lowest BCUT2D eigenvalue weighted by molar-refractivity contribution is 0.318. The summed E-state index contributed by atoms with van der Waals surface area (Å²) in [6, 6.07) is 5.33. The minimum Gasteiger partial charge on any atom is -0.409 e. The Morgan fingerprint density at radius 2 is 1.87 bits per heavy atom. The number of aliphatic hydroxyl groups excluding tert-OH is 1. The predicted octanol–water partition coefficient (Wildman–Crippen LogP) is -0.495. The highest BCUT2D eigenvalue weighted by Gasteiger charge is 2.12. The van der Waals surface area contributed by atoms with Crippen molar-refractivity contribution in [2.24, 2.45) is 10.9 Å².